The van der Waals surface area contributed by atoms with Gasteiger partial charge in [-0.2, -0.15) is 0 Å². The predicted molar refractivity (Wildman–Crippen MR) is 98.0 cm³/mol. The van der Waals surface area contributed by atoms with Crippen molar-refractivity contribution in [1.29, 1.82) is 0 Å². The van der Waals surface area contributed by atoms with E-state index in [1.165, 1.54) is 18.4 Å². The Bertz CT molecular complexity index is 570. The van der Waals surface area contributed by atoms with E-state index in [0.29, 0.717) is 19.5 Å². The first kappa shape index (κ1) is 17.9. The maximum absolute atomic E-state index is 12.4. The average molecular weight is 343 g/mol. The summed E-state index contributed by atoms with van der Waals surface area (Å²) in [6, 6.07) is 10.6. The third-order valence-electron chi connectivity index (χ3n) is 5.26. The molecule has 1 aromatic rings. The lowest BCUT2D eigenvalue weighted by Crippen LogP contribution is -2.43. The van der Waals surface area contributed by atoms with E-state index in [1.807, 2.05) is 6.07 Å². The van der Waals surface area contributed by atoms with Crippen LogP contribution in [0.3, 0.4) is 0 Å². The highest BCUT2D eigenvalue weighted by Crippen LogP contribution is 2.24. The standard InChI is InChI=1S/C20H29N3O2/c24-19(16-23-14-6-2-5-11-20(23)25)21-15-18(22-12-7-8-13-22)17-9-3-1-4-10-17/h1,3-4,9-10,18H,2,5-8,11-16H2,(H,21,24). The molecule has 25 heavy (non-hydrogen) atoms. The van der Waals surface area contributed by atoms with E-state index in [2.05, 4.69) is 34.5 Å². The molecule has 5 heteroatoms. The molecule has 2 aliphatic rings. The topological polar surface area (TPSA) is 52.7 Å². The van der Waals surface area contributed by atoms with Crippen molar-refractivity contribution in [3.63, 3.8) is 0 Å². The molecule has 1 unspecified atom stereocenters. The van der Waals surface area contributed by atoms with Crippen LogP contribution in [-0.2, 0) is 9.59 Å². The van der Waals surface area contributed by atoms with Crippen molar-refractivity contribution in [3.05, 3.63) is 35.9 Å². The summed E-state index contributed by atoms with van der Waals surface area (Å²) in [5, 5.41) is 3.07. The maximum atomic E-state index is 12.4. The van der Waals surface area contributed by atoms with Crippen LogP contribution >= 0.6 is 0 Å². The van der Waals surface area contributed by atoms with Gasteiger partial charge in [0, 0.05) is 19.5 Å². The number of rotatable bonds is 6. The third kappa shape index (κ3) is 5.05. The van der Waals surface area contributed by atoms with Crippen molar-refractivity contribution in [2.24, 2.45) is 0 Å². The molecule has 3 rings (SSSR count). The fraction of sp³-hybridized carbons (Fsp3) is 0.600. The van der Waals surface area contributed by atoms with Gasteiger partial charge in [0.2, 0.25) is 11.8 Å². The van der Waals surface area contributed by atoms with Crippen molar-refractivity contribution in [3.8, 4) is 0 Å². The molecule has 2 aliphatic heterocycles. The lowest BCUT2D eigenvalue weighted by molar-refractivity contribution is -0.135. The Balaban J connectivity index is 1.56. The largest absolute Gasteiger partial charge is 0.353 e. The number of carbonyl (C=O) groups is 2. The summed E-state index contributed by atoms with van der Waals surface area (Å²) in [4.78, 5) is 28.6. The zero-order valence-corrected chi connectivity index (χ0v) is 15.0. The van der Waals surface area contributed by atoms with E-state index in [-0.39, 0.29) is 24.4 Å². The summed E-state index contributed by atoms with van der Waals surface area (Å²) in [6.07, 6.45) is 6.04. The normalized spacial score (nSPS) is 20.3. The van der Waals surface area contributed by atoms with E-state index in [1.54, 1.807) is 4.90 Å². The zero-order chi connectivity index (χ0) is 17.5. The first-order valence-corrected chi connectivity index (χ1v) is 9.57. The van der Waals surface area contributed by atoms with E-state index < -0.39 is 0 Å². The molecule has 0 spiro atoms. The number of likely N-dealkylation sites (tertiary alicyclic amines) is 2. The second kappa shape index (κ2) is 8.99. The number of benzene rings is 1. The van der Waals surface area contributed by atoms with Gasteiger partial charge in [0.25, 0.3) is 0 Å². The lowest BCUT2D eigenvalue weighted by Gasteiger charge is -2.28. The minimum Gasteiger partial charge on any atom is -0.353 e. The van der Waals surface area contributed by atoms with Crippen LogP contribution < -0.4 is 5.32 Å². The molecule has 1 aromatic carbocycles. The summed E-state index contributed by atoms with van der Waals surface area (Å²) < 4.78 is 0. The highest BCUT2D eigenvalue weighted by atomic mass is 16.2. The molecule has 0 bridgehead atoms. The van der Waals surface area contributed by atoms with Gasteiger partial charge < -0.3 is 10.2 Å². The molecule has 0 saturated carbocycles. The molecule has 2 amide bonds. The fourth-order valence-electron chi connectivity index (χ4n) is 3.83. The smallest absolute Gasteiger partial charge is 0.239 e. The molecule has 2 saturated heterocycles. The van der Waals surface area contributed by atoms with Crippen LogP contribution in [0.4, 0.5) is 0 Å². The van der Waals surface area contributed by atoms with Gasteiger partial charge in [-0.15, -0.1) is 0 Å². The monoisotopic (exact) mass is 343 g/mol. The van der Waals surface area contributed by atoms with Gasteiger partial charge in [-0.25, -0.2) is 0 Å². The Morgan fingerprint density at radius 1 is 1.00 bits per heavy atom. The quantitative estimate of drug-likeness (QED) is 0.863. The first-order valence-electron chi connectivity index (χ1n) is 9.57. The molecule has 0 radical (unpaired) electrons. The van der Waals surface area contributed by atoms with Crippen LogP contribution in [0, 0.1) is 0 Å². The molecule has 2 heterocycles. The second-order valence-corrected chi connectivity index (χ2v) is 7.10. The van der Waals surface area contributed by atoms with E-state index in [9.17, 15) is 9.59 Å². The van der Waals surface area contributed by atoms with Crippen LogP contribution in [0.25, 0.3) is 0 Å². The van der Waals surface area contributed by atoms with Crippen molar-refractivity contribution >= 4 is 11.8 Å². The Hall–Kier alpha value is -1.88. The van der Waals surface area contributed by atoms with Crippen molar-refractivity contribution < 1.29 is 9.59 Å². The molecule has 136 valence electrons. The predicted octanol–water partition coefficient (Wildman–Crippen LogP) is 2.34. The van der Waals surface area contributed by atoms with Crippen molar-refractivity contribution in [2.75, 3.05) is 32.7 Å². The molecule has 1 atom stereocenters. The second-order valence-electron chi connectivity index (χ2n) is 7.10. The minimum absolute atomic E-state index is 0.0459. The number of hydrogen-bond acceptors (Lipinski definition) is 3. The van der Waals surface area contributed by atoms with Crippen LogP contribution in [0.2, 0.25) is 0 Å². The number of nitrogens with zero attached hydrogens (tertiary/aromatic N) is 2. The first-order chi connectivity index (χ1) is 12.2. The highest BCUT2D eigenvalue weighted by Gasteiger charge is 2.25. The highest BCUT2D eigenvalue weighted by molar-refractivity contribution is 5.84. The molecular formula is C20H29N3O2. The molecule has 0 aromatic heterocycles. The van der Waals surface area contributed by atoms with Gasteiger partial charge in [0.05, 0.1) is 12.6 Å². The van der Waals surface area contributed by atoms with Crippen molar-refractivity contribution in [1.82, 2.24) is 15.1 Å². The maximum Gasteiger partial charge on any atom is 0.239 e. The summed E-state index contributed by atoms with van der Waals surface area (Å²) in [5.41, 5.74) is 1.25. The van der Waals surface area contributed by atoms with Crippen LogP contribution in [0.1, 0.15) is 50.1 Å². The van der Waals surface area contributed by atoms with Gasteiger partial charge in [-0.1, -0.05) is 36.8 Å². The molecular weight excluding hydrogens is 314 g/mol. The van der Waals surface area contributed by atoms with Gasteiger partial charge in [-0.3, -0.25) is 14.5 Å². The van der Waals surface area contributed by atoms with Gasteiger partial charge in [0.1, 0.15) is 0 Å². The number of nitrogens with one attached hydrogen (secondary N) is 1. The van der Waals surface area contributed by atoms with Crippen LogP contribution in [0.15, 0.2) is 30.3 Å². The average Bonchev–Trinajstić information content (AvgIpc) is 3.08. The summed E-state index contributed by atoms with van der Waals surface area (Å²) in [5.74, 6) is 0.0715. The zero-order valence-electron chi connectivity index (χ0n) is 15.0. The molecule has 0 aliphatic carbocycles. The molecule has 5 nitrogen and oxygen atoms in total. The Labute approximate surface area is 150 Å². The van der Waals surface area contributed by atoms with Gasteiger partial charge in [-0.05, 0) is 44.3 Å². The number of amides is 2. The molecule has 2 fully saturated rings. The number of carbonyl (C=O) groups excluding carboxylic acids is 2. The van der Waals surface area contributed by atoms with E-state index >= 15 is 0 Å². The van der Waals surface area contributed by atoms with Crippen LogP contribution in [0.5, 0.6) is 0 Å². The third-order valence-corrected chi connectivity index (χ3v) is 5.26. The van der Waals surface area contributed by atoms with E-state index in [4.69, 9.17) is 0 Å². The Kier molecular flexibility index (Phi) is 6.45. The SMILES string of the molecule is O=C(CN1CCCCCC1=O)NCC(c1ccccc1)N1CCCC1. The Morgan fingerprint density at radius 3 is 2.48 bits per heavy atom. The van der Waals surface area contributed by atoms with E-state index in [0.717, 1.165) is 32.4 Å². The lowest BCUT2D eigenvalue weighted by atomic mass is 10.1. The molecule has 1 N–H and O–H groups in total. The summed E-state index contributed by atoms with van der Waals surface area (Å²) in [6.45, 7) is 3.67. The van der Waals surface area contributed by atoms with Gasteiger partial charge >= 0.3 is 0 Å². The fourth-order valence-corrected chi connectivity index (χ4v) is 3.83. The Morgan fingerprint density at radius 2 is 1.72 bits per heavy atom. The summed E-state index contributed by atoms with van der Waals surface area (Å²) in [7, 11) is 0. The minimum atomic E-state index is -0.0459. The van der Waals surface area contributed by atoms with Crippen molar-refractivity contribution in [2.45, 2.75) is 44.6 Å². The summed E-state index contributed by atoms with van der Waals surface area (Å²) >= 11 is 0. The number of hydrogen-bond donors (Lipinski definition) is 1. The van der Waals surface area contributed by atoms with Crippen LogP contribution in [-0.4, -0.2) is 54.3 Å². The van der Waals surface area contributed by atoms with Gasteiger partial charge in [0.15, 0.2) is 0 Å².